The van der Waals surface area contributed by atoms with Crippen molar-refractivity contribution in [1.29, 1.82) is 0 Å². The van der Waals surface area contributed by atoms with E-state index in [1.165, 1.54) is 0 Å². The minimum absolute atomic E-state index is 0.0158. The van der Waals surface area contributed by atoms with Crippen molar-refractivity contribution in [2.75, 3.05) is 21.3 Å². The molecule has 1 aromatic carbocycles. The monoisotopic (exact) mass is 223 g/mol. The van der Waals surface area contributed by atoms with Crippen LogP contribution in [0.3, 0.4) is 0 Å². The third-order valence-electron chi connectivity index (χ3n) is 2.83. The van der Waals surface area contributed by atoms with Gasteiger partial charge >= 0.3 is 0 Å². The van der Waals surface area contributed by atoms with Crippen LogP contribution in [0.1, 0.15) is 19.4 Å². The number of ether oxygens (including phenoxy) is 2. The molecule has 1 N–H and O–H groups in total. The molecule has 0 bridgehead atoms. The van der Waals surface area contributed by atoms with Crippen molar-refractivity contribution in [1.82, 2.24) is 5.32 Å². The van der Waals surface area contributed by atoms with E-state index in [4.69, 9.17) is 9.47 Å². The van der Waals surface area contributed by atoms with Gasteiger partial charge in [0.25, 0.3) is 0 Å². The molecule has 0 atom stereocenters. The second-order valence-electron chi connectivity index (χ2n) is 4.45. The van der Waals surface area contributed by atoms with Crippen molar-refractivity contribution in [3.8, 4) is 11.5 Å². The van der Waals surface area contributed by atoms with Gasteiger partial charge in [-0.1, -0.05) is 6.07 Å². The van der Waals surface area contributed by atoms with Crippen LogP contribution >= 0.6 is 0 Å². The van der Waals surface area contributed by atoms with Crippen molar-refractivity contribution in [3.63, 3.8) is 0 Å². The van der Waals surface area contributed by atoms with Crippen LogP contribution < -0.4 is 14.8 Å². The van der Waals surface area contributed by atoms with Crippen molar-refractivity contribution in [2.45, 2.75) is 25.8 Å². The van der Waals surface area contributed by atoms with Crippen LogP contribution in [0, 0.1) is 0 Å². The molecule has 3 heteroatoms. The Kier molecular flexibility index (Phi) is 4.19. The lowest BCUT2D eigenvalue weighted by atomic mass is 9.94. The fourth-order valence-electron chi connectivity index (χ4n) is 1.63. The standard InChI is InChI=1S/C13H21NO2/c1-13(2,14-3)9-10-11(15-4)7-6-8-12(10)16-5/h6-8,14H,9H2,1-5H3. The highest BCUT2D eigenvalue weighted by Gasteiger charge is 2.20. The van der Waals surface area contributed by atoms with Crippen molar-refractivity contribution >= 4 is 0 Å². The van der Waals surface area contributed by atoms with E-state index in [0.717, 1.165) is 23.5 Å². The lowest BCUT2D eigenvalue weighted by Gasteiger charge is -2.26. The molecule has 16 heavy (non-hydrogen) atoms. The lowest BCUT2D eigenvalue weighted by Crippen LogP contribution is -2.38. The summed E-state index contributed by atoms with van der Waals surface area (Å²) in [5.74, 6) is 1.75. The van der Waals surface area contributed by atoms with Gasteiger partial charge in [-0.3, -0.25) is 0 Å². The third-order valence-corrected chi connectivity index (χ3v) is 2.83. The fraction of sp³-hybridized carbons (Fsp3) is 0.538. The summed E-state index contributed by atoms with van der Waals surface area (Å²) in [7, 11) is 5.33. The molecular formula is C13H21NO2. The highest BCUT2D eigenvalue weighted by molar-refractivity contribution is 5.45. The largest absolute Gasteiger partial charge is 0.496 e. The van der Waals surface area contributed by atoms with Gasteiger partial charge in [0.05, 0.1) is 14.2 Å². The van der Waals surface area contributed by atoms with E-state index in [2.05, 4.69) is 19.2 Å². The van der Waals surface area contributed by atoms with E-state index in [1.54, 1.807) is 14.2 Å². The first-order valence-corrected chi connectivity index (χ1v) is 5.43. The Morgan fingerprint density at radius 3 is 2.00 bits per heavy atom. The molecule has 3 nitrogen and oxygen atoms in total. The Balaban J connectivity index is 3.09. The van der Waals surface area contributed by atoms with Crippen LogP contribution in [0.4, 0.5) is 0 Å². The molecule has 0 spiro atoms. The number of rotatable bonds is 5. The Hall–Kier alpha value is -1.22. The Labute approximate surface area is 97.8 Å². The third kappa shape index (κ3) is 2.89. The van der Waals surface area contributed by atoms with Crippen LogP contribution in [-0.4, -0.2) is 26.8 Å². The second-order valence-corrected chi connectivity index (χ2v) is 4.45. The normalized spacial score (nSPS) is 11.3. The average molecular weight is 223 g/mol. The summed E-state index contributed by atoms with van der Waals surface area (Å²) in [4.78, 5) is 0. The SMILES string of the molecule is CNC(C)(C)Cc1c(OC)cccc1OC. The van der Waals surface area contributed by atoms with E-state index < -0.39 is 0 Å². The summed E-state index contributed by atoms with van der Waals surface area (Å²) < 4.78 is 10.7. The van der Waals surface area contributed by atoms with Gasteiger partial charge in [0.1, 0.15) is 11.5 Å². The fourth-order valence-corrected chi connectivity index (χ4v) is 1.63. The molecule has 0 aliphatic heterocycles. The first-order chi connectivity index (χ1) is 7.54. The first-order valence-electron chi connectivity index (χ1n) is 5.43. The molecule has 0 aromatic heterocycles. The van der Waals surface area contributed by atoms with Gasteiger partial charge in [-0.05, 0) is 39.4 Å². The minimum Gasteiger partial charge on any atom is -0.496 e. The van der Waals surface area contributed by atoms with Crippen LogP contribution in [-0.2, 0) is 6.42 Å². The van der Waals surface area contributed by atoms with Crippen LogP contribution in [0.25, 0.3) is 0 Å². The van der Waals surface area contributed by atoms with Crippen molar-refractivity contribution in [2.24, 2.45) is 0 Å². The van der Waals surface area contributed by atoms with Crippen LogP contribution in [0.2, 0.25) is 0 Å². The molecule has 0 heterocycles. The number of hydrogen-bond acceptors (Lipinski definition) is 3. The highest BCUT2D eigenvalue weighted by atomic mass is 16.5. The van der Waals surface area contributed by atoms with Gasteiger partial charge in [0, 0.05) is 11.1 Å². The molecule has 90 valence electrons. The zero-order chi connectivity index (χ0) is 12.2. The maximum Gasteiger partial charge on any atom is 0.125 e. The molecule has 0 aliphatic rings. The van der Waals surface area contributed by atoms with Crippen LogP contribution in [0.5, 0.6) is 11.5 Å². The molecular weight excluding hydrogens is 202 g/mol. The number of hydrogen-bond donors (Lipinski definition) is 1. The summed E-state index contributed by atoms with van der Waals surface area (Å²) in [5, 5.41) is 3.28. The summed E-state index contributed by atoms with van der Waals surface area (Å²) in [6.07, 6.45) is 0.858. The average Bonchev–Trinajstić information content (AvgIpc) is 2.29. The predicted octanol–water partition coefficient (Wildman–Crippen LogP) is 2.24. The maximum atomic E-state index is 5.37. The quantitative estimate of drug-likeness (QED) is 0.830. The lowest BCUT2D eigenvalue weighted by molar-refractivity contribution is 0.362. The molecule has 1 rings (SSSR count). The van der Waals surface area contributed by atoms with E-state index >= 15 is 0 Å². The molecule has 0 amide bonds. The van der Waals surface area contributed by atoms with Gasteiger partial charge < -0.3 is 14.8 Å². The molecule has 0 saturated heterocycles. The molecule has 0 radical (unpaired) electrons. The molecule has 1 aromatic rings. The van der Waals surface area contributed by atoms with E-state index in [0.29, 0.717) is 0 Å². The second kappa shape index (κ2) is 5.21. The number of benzene rings is 1. The molecule has 0 saturated carbocycles. The minimum atomic E-state index is 0.0158. The van der Waals surface area contributed by atoms with Gasteiger partial charge in [0.2, 0.25) is 0 Å². The Morgan fingerprint density at radius 1 is 1.12 bits per heavy atom. The zero-order valence-electron chi connectivity index (χ0n) is 10.8. The molecule has 0 aliphatic carbocycles. The number of nitrogens with one attached hydrogen (secondary N) is 1. The van der Waals surface area contributed by atoms with Crippen molar-refractivity contribution in [3.05, 3.63) is 23.8 Å². The number of methoxy groups -OCH3 is 2. The van der Waals surface area contributed by atoms with Gasteiger partial charge in [-0.2, -0.15) is 0 Å². The van der Waals surface area contributed by atoms with E-state index in [1.807, 2.05) is 25.2 Å². The summed E-state index contributed by atoms with van der Waals surface area (Å²) in [5.41, 5.74) is 1.12. The first kappa shape index (κ1) is 12.8. The maximum absolute atomic E-state index is 5.37. The Bertz CT molecular complexity index is 326. The highest BCUT2D eigenvalue weighted by Crippen LogP contribution is 2.31. The molecule has 0 unspecified atom stereocenters. The topological polar surface area (TPSA) is 30.5 Å². The zero-order valence-corrected chi connectivity index (χ0v) is 10.8. The van der Waals surface area contributed by atoms with Crippen molar-refractivity contribution < 1.29 is 9.47 Å². The number of likely N-dealkylation sites (N-methyl/N-ethyl adjacent to an activating group) is 1. The van der Waals surface area contributed by atoms with Gasteiger partial charge in [0.15, 0.2) is 0 Å². The van der Waals surface area contributed by atoms with Gasteiger partial charge in [-0.15, -0.1) is 0 Å². The van der Waals surface area contributed by atoms with E-state index in [-0.39, 0.29) is 5.54 Å². The van der Waals surface area contributed by atoms with Crippen LogP contribution in [0.15, 0.2) is 18.2 Å². The predicted molar refractivity (Wildman–Crippen MR) is 66.4 cm³/mol. The van der Waals surface area contributed by atoms with Gasteiger partial charge in [-0.25, -0.2) is 0 Å². The molecule has 0 fully saturated rings. The smallest absolute Gasteiger partial charge is 0.125 e. The summed E-state index contributed by atoms with van der Waals surface area (Å²) >= 11 is 0. The van der Waals surface area contributed by atoms with E-state index in [9.17, 15) is 0 Å². The Morgan fingerprint density at radius 2 is 1.62 bits per heavy atom. The summed E-state index contributed by atoms with van der Waals surface area (Å²) in [6, 6.07) is 5.86. The summed E-state index contributed by atoms with van der Waals surface area (Å²) in [6.45, 7) is 4.30.